The van der Waals surface area contributed by atoms with Crippen LogP contribution in [0.5, 0.6) is 0 Å². The Kier molecular flexibility index (Phi) is 7.76. The molecule has 0 aliphatic carbocycles. The van der Waals surface area contributed by atoms with Gasteiger partial charge in [-0.05, 0) is 37.5 Å². The summed E-state index contributed by atoms with van der Waals surface area (Å²) in [4.78, 5) is 22.9. The average Bonchev–Trinajstić information content (AvgIpc) is 2.65. The van der Waals surface area contributed by atoms with Gasteiger partial charge >= 0.3 is 5.97 Å². The number of aliphatic carboxylic acids is 1. The van der Waals surface area contributed by atoms with Crippen LogP contribution in [-0.2, 0) is 19.6 Å². The molecule has 1 saturated heterocycles. The number of carboxylic acids is 1. The van der Waals surface area contributed by atoms with Crippen LogP contribution in [0.3, 0.4) is 0 Å². The van der Waals surface area contributed by atoms with Gasteiger partial charge in [-0.15, -0.1) is 0 Å². The second-order valence-electron chi connectivity index (χ2n) is 6.46. The zero-order chi connectivity index (χ0) is 19.9. The second-order valence-corrected chi connectivity index (χ2v) is 8.36. The molecule has 1 aliphatic heterocycles. The number of rotatable bonds is 9. The van der Waals surface area contributed by atoms with E-state index >= 15 is 0 Å². The molecule has 9 heteroatoms. The van der Waals surface area contributed by atoms with Crippen molar-refractivity contribution in [3.63, 3.8) is 0 Å². The summed E-state index contributed by atoms with van der Waals surface area (Å²) in [6.45, 7) is 3.44. The highest BCUT2D eigenvalue weighted by atomic mass is 32.2. The van der Waals surface area contributed by atoms with E-state index in [1.165, 1.54) is 10.4 Å². The topological polar surface area (TPSA) is 113 Å². The van der Waals surface area contributed by atoms with Gasteiger partial charge in [0.15, 0.2) is 0 Å². The molecule has 0 radical (unpaired) electrons. The third kappa shape index (κ3) is 6.02. The highest BCUT2D eigenvalue weighted by Gasteiger charge is 2.28. The molecular weight excluding hydrogens is 372 g/mol. The van der Waals surface area contributed by atoms with Crippen LogP contribution < -0.4 is 5.32 Å². The minimum absolute atomic E-state index is 0.120. The molecule has 0 bridgehead atoms. The monoisotopic (exact) mass is 398 g/mol. The Hall–Kier alpha value is -1.97. The van der Waals surface area contributed by atoms with E-state index in [4.69, 9.17) is 9.84 Å². The summed E-state index contributed by atoms with van der Waals surface area (Å²) in [6, 6.07) is 4.66. The summed E-state index contributed by atoms with van der Waals surface area (Å²) in [7, 11) is -3.67. The van der Waals surface area contributed by atoms with Gasteiger partial charge in [0, 0.05) is 31.6 Å². The molecule has 2 N–H and O–H groups in total. The highest BCUT2D eigenvalue weighted by Crippen LogP contribution is 2.22. The largest absolute Gasteiger partial charge is 0.481 e. The first-order chi connectivity index (χ1) is 12.8. The highest BCUT2D eigenvalue weighted by molar-refractivity contribution is 7.89. The predicted molar refractivity (Wildman–Crippen MR) is 99.2 cm³/mol. The number of nitrogens with zero attached hydrogens (tertiary/aromatic N) is 1. The van der Waals surface area contributed by atoms with Gasteiger partial charge in [-0.25, -0.2) is 8.42 Å². The van der Waals surface area contributed by atoms with Crippen molar-refractivity contribution in [2.24, 2.45) is 0 Å². The third-order valence-electron chi connectivity index (χ3n) is 4.39. The van der Waals surface area contributed by atoms with Crippen LogP contribution in [0.25, 0.3) is 0 Å². The van der Waals surface area contributed by atoms with E-state index < -0.39 is 16.0 Å². The number of aryl methyl sites for hydroxylation is 1. The van der Waals surface area contributed by atoms with Gasteiger partial charge in [0.1, 0.15) is 0 Å². The number of carbonyl (C=O) groups is 2. The number of nitrogens with one attached hydrogen (secondary N) is 1. The molecule has 1 aromatic carbocycles. The Morgan fingerprint density at radius 3 is 2.56 bits per heavy atom. The first-order valence-corrected chi connectivity index (χ1v) is 10.4. The van der Waals surface area contributed by atoms with Crippen molar-refractivity contribution in [1.82, 2.24) is 9.62 Å². The lowest BCUT2D eigenvalue weighted by Crippen LogP contribution is -2.41. The van der Waals surface area contributed by atoms with Crippen molar-refractivity contribution in [3.8, 4) is 0 Å². The molecule has 150 valence electrons. The van der Waals surface area contributed by atoms with E-state index in [-0.39, 0.29) is 22.8 Å². The maximum atomic E-state index is 12.9. The molecule has 1 fully saturated rings. The van der Waals surface area contributed by atoms with Crippen LogP contribution in [0.15, 0.2) is 23.1 Å². The number of sulfonamides is 1. The molecule has 1 heterocycles. The van der Waals surface area contributed by atoms with Crippen LogP contribution in [0.4, 0.5) is 0 Å². The van der Waals surface area contributed by atoms with E-state index in [1.54, 1.807) is 19.1 Å². The maximum absolute atomic E-state index is 12.9. The number of hydrogen-bond acceptors (Lipinski definition) is 5. The zero-order valence-electron chi connectivity index (χ0n) is 15.4. The fraction of sp³-hybridized carbons (Fsp3) is 0.556. The number of carboxylic acid groups (broad SMARTS) is 1. The van der Waals surface area contributed by atoms with Crippen molar-refractivity contribution in [2.75, 3.05) is 32.8 Å². The quantitative estimate of drug-likeness (QED) is 0.608. The molecule has 2 rings (SSSR count). The first-order valence-electron chi connectivity index (χ1n) is 9.01. The van der Waals surface area contributed by atoms with Crippen LogP contribution in [0.2, 0.25) is 0 Å². The number of carbonyl (C=O) groups excluding carboxylic acids is 1. The summed E-state index contributed by atoms with van der Waals surface area (Å²) in [5, 5.41) is 11.3. The molecule has 1 aliphatic rings. The van der Waals surface area contributed by atoms with Gasteiger partial charge in [0.25, 0.3) is 5.91 Å². The molecule has 1 amide bonds. The second kappa shape index (κ2) is 9.82. The zero-order valence-corrected chi connectivity index (χ0v) is 16.3. The number of benzene rings is 1. The molecule has 0 unspecified atom stereocenters. The molecule has 27 heavy (non-hydrogen) atoms. The molecule has 1 aromatic rings. The minimum atomic E-state index is -3.67. The number of morpholine rings is 1. The van der Waals surface area contributed by atoms with E-state index in [1.807, 2.05) is 0 Å². The van der Waals surface area contributed by atoms with E-state index in [9.17, 15) is 18.0 Å². The third-order valence-corrected chi connectivity index (χ3v) is 6.43. The first kappa shape index (κ1) is 21.3. The van der Waals surface area contributed by atoms with Gasteiger partial charge in [-0.2, -0.15) is 4.31 Å². The Morgan fingerprint density at radius 1 is 1.19 bits per heavy atom. The van der Waals surface area contributed by atoms with Gasteiger partial charge in [0.2, 0.25) is 10.0 Å². The fourth-order valence-corrected chi connectivity index (χ4v) is 4.49. The normalized spacial score (nSPS) is 15.4. The summed E-state index contributed by atoms with van der Waals surface area (Å²) >= 11 is 0. The van der Waals surface area contributed by atoms with Gasteiger partial charge in [0.05, 0.1) is 18.1 Å². The number of ether oxygens (including phenoxy) is 1. The van der Waals surface area contributed by atoms with Crippen LogP contribution in [-0.4, -0.2) is 62.6 Å². The Morgan fingerprint density at radius 2 is 1.89 bits per heavy atom. The lowest BCUT2D eigenvalue weighted by atomic mass is 10.1. The summed E-state index contributed by atoms with van der Waals surface area (Å²) in [5.41, 5.74) is 0.879. The fourth-order valence-electron chi connectivity index (χ4n) is 2.83. The summed E-state index contributed by atoms with van der Waals surface area (Å²) in [5.74, 6) is -1.17. The van der Waals surface area contributed by atoms with E-state index in [0.717, 1.165) is 0 Å². The van der Waals surface area contributed by atoms with Crippen molar-refractivity contribution in [1.29, 1.82) is 0 Å². The van der Waals surface area contributed by atoms with Gasteiger partial charge in [-0.3, -0.25) is 9.59 Å². The maximum Gasteiger partial charge on any atom is 0.303 e. The van der Waals surface area contributed by atoms with Gasteiger partial charge < -0.3 is 15.2 Å². The number of unbranched alkanes of at least 4 members (excludes halogenated alkanes) is 2. The summed E-state index contributed by atoms with van der Waals surface area (Å²) in [6.07, 6.45) is 2.06. The van der Waals surface area contributed by atoms with E-state index in [2.05, 4.69) is 5.32 Å². The lowest BCUT2D eigenvalue weighted by Gasteiger charge is -2.26. The number of amides is 1. The molecule has 0 aromatic heterocycles. The predicted octanol–water partition coefficient (Wildman–Crippen LogP) is 1.39. The molecule has 0 atom stereocenters. The van der Waals surface area contributed by atoms with Crippen LogP contribution in [0.1, 0.15) is 41.6 Å². The molecule has 0 spiro atoms. The molecular formula is C18H26N2O6S. The average molecular weight is 398 g/mol. The van der Waals surface area contributed by atoms with Crippen molar-refractivity contribution < 1.29 is 27.9 Å². The standard InChI is InChI=1S/C18H26N2O6S/c1-14-6-7-15(18(23)19-8-4-2-3-5-17(21)22)13-16(14)27(24,25)20-9-11-26-12-10-20/h6-7,13H,2-5,8-12H2,1H3,(H,19,23)(H,21,22). The Labute approximate surface area is 159 Å². The van der Waals surface area contributed by atoms with Crippen molar-refractivity contribution in [3.05, 3.63) is 29.3 Å². The smallest absolute Gasteiger partial charge is 0.303 e. The molecule has 8 nitrogen and oxygen atoms in total. The molecule has 0 saturated carbocycles. The van der Waals surface area contributed by atoms with Crippen molar-refractivity contribution in [2.45, 2.75) is 37.5 Å². The summed E-state index contributed by atoms with van der Waals surface area (Å²) < 4.78 is 32.3. The SMILES string of the molecule is Cc1ccc(C(=O)NCCCCCC(=O)O)cc1S(=O)(=O)N1CCOCC1. The van der Waals surface area contributed by atoms with Gasteiger partial charge in [-0.1, -0.05) is 12.5 Å². The Balaban J connectivity index is 1.99. The van der Waals surface area contributed by atoms with E-state index in [0.29, 0.717) is 57.7 Å². The van der Waals surface area contributed by atoms with Crippen molar-refractivity contribution >= 4 is 21.9 Å². The Bertz CT molecular complexity index is 772. The lowest BCUT2D eigenvalue weighted by molar-refractivity contribution is -0.137. The van der Waals surface area contributed by atoms with Crippen LogP contribution in [0, 0.1) is 6.92 Å². The number of hydrogen-bond donors (Lipinski definition) is 2. The minimum Gasteiger partial charge on any atom is -0.481 e. The van der Waals surface area contributed by atoms with Crippen LogP contribution >= 0.6 is 0 Å².